The van der Waals surface area contributed by atoms with E-state index in [1.165, 1.54) is 44.5 Å². The summed E-state index contributed by atoms with van der Waals surface area (Å²) in [6, 6.07) is 6.71. The summed E-state index contributed by atoms with van der Waals surface area (Å²) in [5, 5.41) is 4.44. The molecule has 1 N–H and O–H groups in total. The van der Waals surface area contributed by atoms with E-state index in [0.717, 1.165) is 10.7 Å². The highest BCUT2D eigenvalue weighted by Crippen LogP contribution is 2.27. The second kappa shape index (κ2) is 7.33. The van der Waals surface area contributed by atoms with Gasteiger partial charge in [0, 0.05) is 12.6 Å². The van der Waals surface area contributed by atoms with E-state index < -0.39 is 0 Å². The van der Waals surface area contributed by atoms with Crippen LogP contribution >= 0.6 is 11.6 Å². The SMILES string of the molecule is CCCN1CCCC(C(C)Nc2ccc(C)cc2Cl)C1. The Morgan fingerprint density at radius 2 is 2.25 bits per heavy atom. The molecule has 1 aliphatic rings. The first-order valence-electron chi connectivity index (χ1n) is 7.85. The standard InChI is InChI=1S/C17H27ClN2/c1-4-9-20-10-5-6-15(12-20)14(3)19-17-8-7-13(2)11-16(17)18/h7-8,11,14-15,19H,4-6,9-10,12H2,1-3H3. The molecule has 0 bridgehead atoms. The van der Waals surface area contributed by atoms with Gasteiger partial charge in [0.1, 0.15) is 0 Å². The molecule has 2 nitrogen and oxygen atoms in total. The van der Waals surface area contributed by atoms with Crippen LogP contribution in [-0.2, 0) is 0 Å². The van der Waals surface area contributed by atoms with Crippen LogP contribution in [0.4, 0.5) is 5.69 Å². The van der Waals surface area contributed by atoms with Crippen LogP contribution in [0.3, 0.4) is 0 Å². The van der Waals surface area contributed by atoms with Crippen LogP contribution in [-0.4, -0.2) is 30.6 Å². The van der Waals surface area contributed by atoms with Gasteiger partial charge >= 0.3 is 0 Å². The van der Waals surface area contributed by atoms with E-state index in [1.54, 1.807) is 0 Å². The maximum atomic E-state index is 6.32. The maximum Gasteiger partial charge on any atom is 0.0640 e. The van der Waals surface area contributed by atoms with Gasteiger partial charge in [0.05, 0.1) is 10.7 Å². The first kappa shape index (κ1) is 15.7. The number of aryl methyl sites for hydroxylation is 1. The zero-order valence-corrected chi connectivity index (χ0v) is 13.7. The van der Waals surface area contributed by atoms with Crippen molar-refractivity contribution in [2.24, 2.45) is 5.92 Å². The number of rotatable bonds is 5. The average molecular weight is 295 g/mol. The van der Waals surface area contributed by atoms with Gasteiger partial charge in [-0.1, -0.05) is 24.6 Å². The van der Waals surface area contributed by atoms with Crippen molar-refractivity contribution in [1.29, 1.82) is 0 Å². The third kappa shape index (κ3) is 4.13. The second-order valence-electron chi connectivity index (χ2n) is 6.12. The molecule has 2 rings (SSSR count). The van der Waals surface area contributed by atoms with E-state index in [0.29, 0.717) is 12.0 Å². The van der Waals surface area contributed by atoms with Gasteiger partial charge in [-0.2, -0.15) is 0 Å². The van der Waals surface area contributed by atoms with Crippen molar-refractivity contribution in [2.75, 3.05) is 25.0 Å². The minimum absolute atomic E-state index is 0.467. The number of halogens is 1. The lowest BCUT2D eigenvalue weighted by molar-refractivity contribution is 0.165. The third-order valence-electron chi connectivity index (χ3n) is 4.30. The van der Waals surface area contributed by atoms with Crippen molar-refractivity contribution >= 4 is 17.3 Å². The quantitative estimate of drug-likeness (QED) is 0.856. The molecule has 1 aromatic carbocycles. The van der Waals surface area contributed by atoms with Crippen molar-refractivity contribution in [2.45, 2.75) is 46.1 Å². The number of anilines is 1. The fourth-order valence-corrected chi connectivity index (χ4v) is 3.41. The van der Waals surface area contributed by atoms with Gasteiger partial charge in [-0.3, -0.25) is 0 Å². The van der Waals surface area contributed by atoms with Gasteiger partial charge in [-0.25, -0.2) is 0 Å². The predicted octanol–water partition coefficient (Wildman–Crippen LogP) is 4.57. The van der Waals surface area contributed by atoms with Gasteiger partial charge in [0.2, 0.25) is 0 Å². The molecule has 1 saturated heterocycles. The molecule has 2 atom stereocenters. The molecule has 112 valence electrons. The summed E-state index contributed by atoms with van der Waals surface area (Å²) < 4.78 is 0. The molecule has 0 saturated carbocycles. The fourth-order valence-electron chi connectivity index (χ4n) is 3.12. The molecule has 20 heavy (non-hydrogen) atoms. The summed E-state index contributed by atoms with van der Waals surface area (Å²) >= 11 is 6.32. The van der Waals surface area contributed by atoms with Crippen LogP contribution in [0.2, 0.25) is 5.02 Å². The first-order valence-corrected chi connectivity index (χ1v) is 8.23. The molecule has 0 radical (unpaired) electrons. The van der Waals surface area contributed by atoms with Crippen LogP contribution < -0.4 is 5.32 Å². The Morgan fingerprint density at radius 3 is 2.95 bits per heavy atom. The fraction of sp³-hybridized carbons (Fsp3) is 0.647. The zero-order chi connectivity index (χ0) is 14.5. The van der Waals surface area contributed by atoms with Gasteiger partial charge in [0.25, 0.3) is 0 Å². The van der Waals surface area contributed by atoms with Crippen molar-refractivity contribution < 1.29 is 0 Å². The van der Waals surface area contributed by atoms with E-state index in [4.69, 9.17) is 11.6 Å². The number of nitrogens with zero attached hydrogens (tertiary/aromatic N) is 1. The molecule has 0 amide bonds. The van der Waals surface area contributed by atoms with Gasteiger partial charge in [-0.15, -0.1) is 0 Å². The van der Waals surface area contributed by atoms with Crippen molar-refractivity contribution in [3.63, 3.8) is 0 Å². The molecule has 3 heteroatoms. The molecular weight excluding hydrogens is 268 g/mol. The van der Waals surface area contributed by atoms with Crippen molar-refractivity contribution in [3.8, 4) is 0 Å². The summed E-state index contributed by atoms with van der Waals surface area (Å²) in [6.45, 7) is 10.3. The van der Waals surface area contributed by atoms with Gasteiger partial charge < -0.3 is 10.2 Å². The van der Waals surface area contributed by atoms with Crippen LogP contribution in [0.25, 0.3) is 0 Å². The summed E-state index contributed by atoms with van der Waals surface area (Å²) in [7, 11) is 0. The predicted molar refractivity (Wildman–Crippen MR) is 88.7 cm³/mol. The van der Waals surface area contributed by atoms with Crippen molar-refractivity contribution in [1.82, 2.24) is 4.90 Å². The molecule has 1 heterocycles. The number of likely N-dealkylation sites (tertiary alicyclic amines) is 1. The topological polar surface area (TPSA) is 15.3 Å². The number of nitrogens with one attached hydrogen (secondary N) is 1. The van der Waals surface area contributed by atoms with E-state index in [2.05, 4.69) is 43.1 Å². The Balaban J connectivity index is 1.95. The monoisotopic (exact) mass is 294 g/mol. The zero-order valence-electron chi connectivity index (χ0n) is 13.0. The number of benzene rings is 1. The summed E-state index contributed by atoms with van der Waals surface area (Å²) in [6.07, 6.45) is 3.88. The van der Waals surface area contributed by atoms with E-state index >= 15 is 0 Å². The lowest BCUT2D eigenvalue weighted by Gasteiger charge is -2.36. The van der Waals surface area contributed by atoms with Gasteiger partial charge in [-0.05, 0) is 69.8 Å². The highest BCUT2D eigenvalue weighted by atomic mass is 35.5. The largest absolute Gasteiger partial charge is 0.381 e. The average Bonchev–Trinajstić information content (AvgIpc) is 2.42. The lowest BCUT2D eigenvalue weighted by atomic mass is 9.91. The Hall–Kier alpha value is -0.730. The molecule has 0 aromatic heterocycles. The Morgan fingerprint density at radius 1 is 1.45 bits per heavy atom. The highest BCUT2D eigenvalue weighted by molar-refractivity contribution is 6.33. The number of piperidine rings is 1. The minimum atomic E-state index is 0.467. The number of hydrogen-bond acceptors (Lipinski definition) is 2. The molecule has 0 aliphatic carbocycles. The maximum absolute atomic E-state index is 6.32. The van der Waals surface area contributed by atoms with Crippen LogP contribution in [0.15, 0.2) is 18.2 Å². The Bertz CT molecular complexity index is 431. The summed E-state index contributed by atoms with van der Waals surface area (Å²) in [5.74, 6) is 0.715. The molecular formula is C17H27ClN2. The Kier molecular flexibility index (Phi) is 5.74. The van der Waals surface area contributed by atoms with Crippen LogP contribution in [0, 0.1) is 12.8 Å². The van der Waals surface area contributed by atoms with Crippen molar-refractivity contribution in [3.05, 3.63) is 28.8 Å². The molecule has 2 unspecified atom stereocenters. The van der Waals surface area contributed by atoms with E-state index in [1.807, 2.05) is 6.07 Å². The Labute approximate surface area is 128 Å². The van der Waals surface area contributed by atoms with E-state index in [-0.39, 0.29) is 0 Å². The molecule has 1 fully saturated rings. The smallest absolute Gasteiger partial charge is 0.0640 e. The minimum Gasteiger partial charge on any atom is -0.381 e. The van der Waals surface area contributed by atoms with E-state index in [9.17, 15) is 0 Å². The summed E-state index contributed by atoms with van der Waals surface area (Å²) in [5.41, 5.74) is 2.28. The van der Waals surface area contributed by atoms with Gasteiger partial charge in [0.15, 0.2) is 0 Å². The number of hydrogen-bond donors (Lipinski definition) is 1. The molecule has 1 aromatic rings. The normalized spacial score (nSPS) is 21.7. The molecule has 1 aliphatic heterocycles. The third-order valence-corrected chi connectivity index (χ3v) is 4.61. The first-order chi connectivity index (χ1) is 9.60. The van der Waals surface area contributed by atoms with Crippen LogP contribution in [0.5, 0.6) is 0 Å². The van der Waals surface area contributed by atoms with Crippen LogP contribution in [0.1, 0.15) is 38.7 Å². The molecule has 0 spiro atoms. The lowest BCUT2D eigenvalue weighted by Crippen LogP contribution is -2.42. The highest BCUT2D eigenvalue weighted by Gasteiger charge is 2.24. The summed E-state index contributed by atoms with van der Waals surface area (Å²) in [4.78, 5) is 2.60. The second-order valence-corrected chi connectivity index (χ2v) is 6.53.